The number of aliphatic carboxylic acids is 1. The highest BCUT2D eigenvalue weighted by atomic mass is 35.5. The Balaban J connectivity index is 2.20. The van der Waals surface area contributed by atoms with Crippen molar-refractivity contribution in [2.75, 3.05) is 0 Å². The average Bonchev–Trinajstić information content (AvgIpc) is 2.38. The number of amides is 1. The third-order valence-electron chi connectivity index (χ3n) is 3.71. The van der Waals surface area contributed by atoms with Crippen LogP contribution in [0.1, 0.15) is 43.1 Å². The highest BCUT2D eigenvalue weighted by Crippen LogP contribution is 2.32. The van der Waals surface area contributed by atoms with Gasteiger partial charge in [0.25, 0.3) is 5.91 Å². The zero-order valence-electron chi connectivity index (χ0n) is 11.2. The van der Waals surface area contributed by atoms with E-state index in [1.165, 1.54) is 6.07 Å². The Hall–Kier alpha value is -1.62. The Morgan fingerprint density at radius 1 is 1.50 bits per heavy atom. The van der Waals surface area contributed by atoms with Gasteiger partial charge >= 0.3 is 5.97 Å². The summed E-state index contributed by atoms with van der Waals surface area (Å²) < 4.78 is 0. The number of carboxylic acids is 1. The lowest BCUT2D eigenvalue weighted by molar-refractivity contribution is -0.146. The van der Waals surface area contributed by atoms with E-state index in [1.807, 2.05) is 6.92 Å². The number of halogens is 1. The summed E-state index contributed by atoms with van der Waals surface area (Å²) in [6, 6.07) is 4.69. The number of carboxylic acid groups (broad SMARTS) is 1. The summed E-state index contributed by atoms with van der Waals surface area (Å²) in [7, 11) is 0. The van der Waals surface area contributed by atoms with Crippen LogP contribution in [-0.4, -0.2) is 27.5 Å². The van der Waals surface area contributed by atoms with E-state index < -0.39 is 17.4 Å². The summed E-state index contributed by atoms with van der Waals surface area (Å²) >= 11 is 5.74. The lowest BCUT2D eigenvalue weighted by atomic mass is 9.76. The highest BCUT2D eigenvalue weighted by Gasteiger charge is 2.43. The first kappa shape index (κ1) is 14.8. The van der Waals surface area contributed by atoms with Crippen molar-refractivity contribution in [1.82, 2.24) is 10.3 Å². The molecule has 1 aliphatic rings. The molecule has 2 rings (SSSR count). The van der Waals surface area contributed by atoms with Crippen LogP contribution in [0, 0.1) is 5.92 Å². The van der Waals surface area contributed by atoms with Crippen molar-refractivity contribution < 1.29 is 14.7 Å². The van der Waals surface area contributed by atoms with Gasteiger partial charge in [0.1, 0.15) is 16.4 Å². The van der Waals surface area contributed by atoms with E-state index in [0.717, 1.165) is 12.8 Å². The van der Waals surface area contributed by atoms with Gasteiger partial charge in [0.05, 0.1) is 0 Å². The summed E-state index contributed by atoms with van der Waals surface area (Å²) in [5.41, 5.74) is -1.06. The number of pyridine rings is 1. The second kappa shape index (κ2) is 5.79. The Morgan fingerprint density at radius 2 is 2.25 bits per heavy atom. The summed E-state index contributed by atoms with van der Waals surface area (Å²) in [6.45, 7) is 2.00. The zero-order valence-corrected chi connectivity index (χ0v) is 12.0. The van der Waals surface area contributed by atoms with Crippen LogP contribution in [-0.2, 0) is 4.79 Å². The van der Waals surface area contributed by atoms with Crippen LogP contribution in [0.5, 0.6) is 0 Å². The van der Waals surface area contributed by atoms with E-state index in [2.05, 4.69) is 10.3 Å². The number of aromatic nitrogens is 1. The second-order valence-electron chi connectivity index (χ2n) is 5.39. The molecule has 1 amide bonds. The summed E-state index contributed by atoms with van der Waals surface area (Å²) in [6.07, 6.45) is 2.66. The van der Waals surface area contributed by atoms with Gasteiger partial charge in [0.2, 0.25) is 0 Å². The molecule has 0 spiro atoms. The summed E-state index contributed by atoms with van der Waals surface area (Å²) in [5.74, 6) is -1.21. The molecule has 1 saturated carbocycles. The van der Waals surface area contributed by atoms with Crippen molar-refractivity contribution in [2.24, 2.45) is 5.92 Å². The molecule has 0 aliphatic heterocycles. The van der Waals surface area contributed by atoms with Crippen molar-refractivity contribution in [1.29, 1.82) is 0 Å². The number of carbonyl (C=O) groups is 2. The molecule has 20 heavy (non-hydrogen) atoms. The molecule has 1 aromatic rings. The Bertz CT molecular complexity index is 535. The number of rotatable bonds is 3. The molecule has 5 nitrogen and oxygen atoms in total. The van der Waals surface area contributed by atoms with Crippen LogP contribution in [0.25, 0.3) is 0 Å². The number of carbonyl (C=O) groups excluding carboxylic acids is 1. The standard InChI is InChI=1S/C14H17ClN2O3/c1-9-4-3-7-14(8-9,13(19)20)17-12(18)10-5-2-6-11(15)16-10/h2,5-6,9H,3-4,7-8H2,1H3,(H,17,18)(H,19,20). The third-order valence-corrected chi connectivity index (χ3v) is 3.92. The van der Waals surface area contributed by atoms with Crippen LogP contribution in [0.2, 0.25) is 5.15 Å². The normalized spacial score (nSPS) is 26.0. The molecule has 2 unspecified atom stereocenters. The fraction of sp³-hybridized carbons (Fsp3) is 0.500. The molecule has 1 heterocycles. The van der Waals surface area contributed by atoms with E-state index >= 15 is 0 Å². The third kappa shape index (κ3) is 3.10. The smallest absolute Gasteiger partial charge is 0.329 e. The SMILES string of the molecule is CC1CCCC(NC(=O)c2cccc(Cl)n2)(C(=O)O)C1. The molecular formula is C14H17ClN2O3. The Labute approximate surface area is 122 Å². The van der Waals surface area contributed by atoms with E-state index in [-0.39, 0.29) is 16.8 Å². The van der Waals surface area contributed by atoms with E-state index in [4.69, 9.17) is 11.6 Å². The van der Waals surface area contributed by atoms with Gasteiger partial charge in [-0.25, -0.2) is 9.78 Å². The number of nitrogens with one attached hydrogen (secondary N) is 1. The predicted octanol–water partition coefficient (Wildman–Crippen LogP) is 2.50. The van der Waals surface area contributed by atoms with Crippen LogP contribution in [0.4, 0.5) is 0 Å². The maximum absolute atomic E-state index is 12.2. The summed E-state index contributed by atoms with van der Waals surface area (Å²) in [5, 5.41) is 12.3. The average molecular weight is 297 g/mol. The molecule has 2 atom stereocenters. The van der Waals surface area contributed by atoms with Crippen molar-refractivity contribution in [3.05, 3.63) is 29.0 Å². The first-order valence-corrected chi connectivity index (χ1v) is 6.99. The number of hydrogen-bond donors (Lipinski definition) is 2. The van der Waals surface area contributed by atoms with Crippen molar-refractivity contribution in [2.45, 2.75) is 38.1 Å². The monoisotopic (exact) mass is 296 g/mol. The van der Waals surface area contributed by atoms with Gasteiger partial charge in [-0.05, 0) is 30.9 Å². The predicted molar refractivity (Wildman–Crippen MR) is 74.7 cm³/mol. The van der Waals surface area contributed by atoms with E-state index in [0.29, 0.717) is 12.8 Å². The fourth-order valence-electron chi connectivity index (χ4n) is 2.73. The molecule has 1 aromatic heterocycles. The molecule has 1 aliphatic carbocycles. The number of nitrogens with zero attached hydrogens (tertiary/aromatic N) is 1. The Morgan fingerprint density at radius 3 is 2.85 bits per heavy atom. The maximum atomic E-state index is 12.2. The first-order valence-electron chi connectivity index (χ1n) is 6.61. The van der Waals surface area contributed by atoms with Gasteiger partial charge in [-0.15, -0.1) is 0 Å². The van der Waals surface area contributed by atoms with Crippen LogP contribution in [0.15, 0.2) is 18.2 Å². The van der Waals surface area contributed by atoms with Gasteiger partial charge in [0.15, 0.2) is 0 Å². The molecule has 2 N–H and O–H groups in total. The lowest BCUT2D eigenvalue weighted by Gasteiger charge is -2.36. The Kier molecular flexibility index (Phi) is 4.28. The topological polar surface area (TPSA) is 79.3 Å². The molecule has 0 saturated heterocycles. The van der Waals surface area contributed by atoms with E-state index in [1.54, 1.807) is 12.1 Å². The molecule has 0 radical (unpaired) electrons. The minimum atomic E-state index is -1.20. The van der Waals surface area contributed by atoms with Gasteiger partial charge in [-0.3, -0.25) is 4.79 Å². The van der Waals surface area contributed by atoms with Gasteiger partial charge in [0, 0.05) is 0 Å². The van der Waals surface area contributed by atoms with Gasteiger partial charge < -0.3 is 10.4 Å². The van der Waals surface area contributed by atoms with Crippen molar-refractivity contribution >= 4 is 23.5 Å². The maximum Gasteiger partial charge on any atom is 0.329 e. The molecule has 6 heteroatoms. The molecule has 1 fully saturated rings. The van der Waals surface area contributed by atoms with Gasteiger partial charge in [-0.2, -0.15) is 0 Å². The lowest BCUT2D eigenvalue weighted by Crippen LogP contribution is -2.56. The molecule has 108 valence electrons. The minimum Gasteiger partial charge on any atom is -0.480 e. The van der Waals surface area contributed by atoms with Gasteiger partial charge in [-0.1, -0.05) is 37.4 Å². The molecule has 0 bridgehead atoms. The fourth-order valence-corrected chi connectivity index (χ4v) is 2.89. The van der Waals surface area contributed by atoms with Crippen LogP contribution < -0.4 is 5.32 Å². The summed E-state index contributed by atoms with van der Waals surface area (Å²) in [4.78, 5) is 27.7. The largest absolute Gasteiger partial charge is 0.480 e. The van der Waals surface area contributed by atoms with Crippen LogP contribution >= 0.6 is 11.6 Å². The minimum absolute atomic E-state index is 0.136. The quantitative estimate of drug-likeness (QED) is 0.840. The van der Waals surface area contributed by atoms with Crippen molar-refractivity contribution in [3.63, 3.8) is 0 Å². The molecular weight excluding hydrogens is 280 g/mol. The van der Waals surface area contributed by atoms with Crippen LogP contribution in [0.3, 0.4) is 0 Å². The molecule has 0 aromatic carbocycles. The van der Waals surface area contributed by atoms with Crippen molar-refractivity contribution in [3.8, 4) is 0 Å². The zero-order chi connectivity index (χ0) is 14.8. The second-order valence-corrected chi connectivity index (χ2v) is 5.78. The first-order chi connectivity index (χ1) is 9.43. The number of hydrogen-bond acceptors (Lipinski definition) is 3. The van der Waals surface area contributed by atoms with E-state index in [9.17, 15) is 14.7 Å². The highest BCUT2D eigenvalue weighted by molar-refractivity contribution is 6.29.